The fraction of sp³-hybridized carbons (Fsp3) is 0.556. The molecule has 0 aromatic heterocycles. The number of rotatable bonds is 3. The predicted octanol–water partition coefficient (Wildman–Crippen LogP) is 2.42. The number of likely N-dealkylation sites (tertiary alicyclic amines) is 1. The number of carbonyl (C=O) groups is 2. The van der Waals surface area contributed by atoms with E-state index in [2.05, 4.69) is 10.6 Å². The van der Waals surface area contributed by atoms with E-state index >= 15 is 0 Å². The van der Waals surface area contributed by atoms with Gasteiger partial charge in [-0.25, -0.2) is 4.39 Å². The lowest BCUT2D eigenvalue weighted by Gasteiger charge is -2.34. The summed E-state index contributed by atoms with van der Waals surface area (Å²) in [7, 11) is 0. The number of nitrogens with one attached hydrogen (secondary N) is 2. The number of anilines is 1. The van der Waals surface area contributed by atoms with Crippen LogP contribution < -0.4 is 10.6 Å². The molecule has 1 unspecified atom stereocenters. The van der Waals surface area contributed by atoms with Gasteiger partial charge in [-0.2, -0.15) is 0 Å². The van der Waals surface area contributed by atoms with Crippen LogP contribution in [0.4, 0.5) is 10.1 Å². The number of piperidine rings is 2. The second-order valence-corrected chi connectivity index (χ2v) is 6.64. The molecule has 5 nitrogen and oxygen atoms in total. The zero-order valence-electron chi connectivity index (χ0n) is 14.2. The van der Waals surface area contributed by atoms with E-state index in [0.29, 0.717) is 31.6 Å². The van der Waals surface area contributed by atoms with E-state index in [4.69, 9.17) is 0 Å². The van der Waals surface area contributed by atoms with E-state index in [1.165, 1.54) is 12.1 Å². The minimum atomic E-state index is -0.322. The normalized spacial score (nSPS) is 21.3. The van der Waals surface area contributed by atoms with E-state index in [1.807, 2.05) is 4.90 Å². The molecule has 1 atom stereocenters. The molecule has 138 valence electrons. The third-order valence-electron chi connectivity index (χ3n) is 4.94. The molecule has 0 bridgehead atoms. The molecular formula is C18H25ClFN3O2. The van der Waals surface area contributed by atoms with Crippen molar-refractivity contribution in [2.75, 3.05) is 31.5 Å². The molecular weight excluding hydrogens is 345 g/mol. The molecule has 2 saturated heterocycles. The first-order valence-corrected chi connectivity index (χ1v) is 8.69. The third-order valence-corrected chi connectivity index (χ3v) is 4.94. The second-order valence-electron chi connectivity index (χ2n) is 6.64. The van der Waals surface area contributed by atoms with Crippen LogP contribution in [0.15, 0.2) is 24.3 Å². The molecule has 1 aromatic carbocycles. The van der Waals surface area contributed by atoms with Crippen LogP contribution in [0.2, 0.25) is 0 Å². The van der Waals surface area contributed by atoms with Crippen LogP contribution in [0.25, 0.3) is 0 Å². The molecule has 0 radical (unpaired) electrons. The van der Waals surface area contributed by atoms with Gasteiger partial charge in [-0.15, -0.1) is 12.4 Å². The van der Waals surface area contributed by atoms with Gasteiger partial charge in [0.05, 0.1) is 5.92 Å². The summed E-state index contributed by atoms with van der Waals surface area (Å²) in [5.41, 5.74) is 0.605. The predicted molar refractivity (Wildman–Crippen MR) is 97.2 cm³/mol. The van der Waals surface area contributed by atoms with Crippen LogP contribution in [-0.4, -0.2) is 42.9 Å². The average molecular weight is 370 g/mol. The molecule has 2 amide bonds. The summed E-state index contributed by atoms with van der Waals surface area (Å²) in [6.45, 7) is 3.03. The summed E-state index contributed by atoms with van der Waals surface area (Å²) < 4.78 is 12.9. The molecule has 0 saturated carbocycles. The number of nitrogens with zero attached hydrogens (tertiary/aromatic N) is 1. The SMILES string of the molecule is Cl.O=C(Nc1ccc(F)cc1)C1CCN(C(=O)C2CCCNC2)CC1. The molecule has 2 heterocycles. The minimum Gasteiger partial charge on any atom is -0.342 e. The maximum atomic E-state index is 12.9. The Bertz CT molecular complexity index is 582. The lowest BCUT2D eigenvalue weighted by atomic mass is 9.93. The summed E-state index contributed by atoms with van der Waals surface area (Å²) in [5, 5.41) is 6.10. The van der Waals surface area contributed by atoms with Gasteiger partial charge in [0.2, 0.25) is 11.8 Å². The zero-order chi connectivity index (χ0) is 16.9. The average Bonchev–Trinajstić information content (AvgIpc) is 2.64. The van der Waals surface area contributed by atoms with Crippen molar-refractivity contribution in [1.82, 2.24) is 10.2 Å². The van der Waals surface area contributed by atoms with Crippen molar-refractivity contribution >= 4 is 29.9 Å². The monoisotopic (exact) mass is 369 g/mol. The zero-order valence-corrected chi connectivity index (χ0v) is 15.0. The first-order chi connectivity index (χ1) is 11.6. The Morgan fingerprint density at radius 3 is 2.36 bits per heavy atom. The van der Waals surface area contributed by atoms with Gasteiger partial charge >= 0.3 is 0 Å². The van der Waals surface area contributed by atoms with Crippen molar-refractivity contribution in [2.45, 2.75) is 25.7 Å². The quantitative estimate of drug-likeness (QED) is 0.860. The molecule has 2 fully saturated rings. The van der Waals surface area contributed by atoms with Crippen molar-refractivity contribution in [3.05, 3.63) is 30.1 Å². The fourth-order valence-electron chi connectivity index (χ4n) is 3.46. The van der Waals surface area contributed by atoms with Gasteiger partial charge < -0.3 is 15.5 Å². The van der Waals surface area contributed by atoms with E-state index in [-0.39, 0.29) is 41.9 Å². The smallest absolute Gasteiger partial charge is 0.227 e. The summed E-state index contributed by atoms with van der Waals surface area (Å²) in [4.78, 5) is 26.7. The number of hydrogen-bond acceptors (Lipinski definition) is 3. The minimum absolute atomic E-state index is 0. The number of hydrogen-bond donors (Lipinski definition) is 2. The van der Waals surface area contributed by atoms with Crippen LogP contribution in [0, 0.1) is 17.7 Å². The highest BCUT2D eigenvalue weighted by Gasteiger charge is 2.31. The van der Waals surface area contributed by atoms with E-state index in [0.717, 1.165) is 25.9 Å². The van der Waals surface area contributed by atoms with Gasteiger partial charge in [0.1, 0.15) is 5.82 Å². The number of carbonyl (C=O) groups excluding carboxylic acids is 2. The molecule has 3 rings (SSSR count). The Labute approximate surface area is 153 Å². The molecule has 1 aromatic rings. The van der Waals surface area contributed by atoms with E-state index in [1.54, 1.807) is 12.1 Å². The van der Waals surface area contributed by atoms with Gasteiger partial charge in [-0.05, 0) is 56.5 Å². The Hall–Kier alpha value is -1.66. The van der Waals surface area contributed by atoms with Crippen molar-refractivity contribution < 1.29 is 14.0 Å². The molecule has 0 spiro atoms. The largest absolute Gasteiger partial charge is 0.342 e. The van der Waals surface area contributed by atoms with Crippen molar-refractivity contribution in [1.29, 1.82) is 0 Å². The highest BCUT2D eigenvalue weighted by molar-refractivity contribution is 5.92. The Morgan fingerprint density at radius 2 is 1.76 bits per heavy atom. The van der Waals surface area contributed by atoms with Crippen molar-refractivity contribution in [3.63, 3.8) is 0 Å². The fourth-order valence-corrected chi connectivity index (χ4v) is 3.46. The van der Waals surface area contributed by atoms with Crippen molar-refractivity contribution in [2.24, 2.45) is 11.8 Å². The first-order valence-electron chi connectivity index (χ1n) is 8.69. The van der Waals surface area contributed by atoms with Crippen LogP contribution in [0.5, 0.6) is 0 Å². The summed E-state index contributed by atoms with van der Waals surface area (Å²) in [6.07, 6.45) is 3.36. The van der Waals surface area contributed by atoms with Gasteiger partial charge in [-0.1, -0.05) is 0 Å². The summed E-state index contributed by atoms with van der Waals surface area (Å²) >= 11 is 0. The van der Waals surface area contributed by atoms with Gasteiger partial charge in [-0.3, -0.25) is 9.59 Å². The van der Waals surface area contributed by atoms with Gasteiger partial charge in [0.25, 0.3) is 0 Å². The number of halogens is 2. The van der Waals surface area contributed by atoms with E-state index in [9.17, 15) is 14.0 Å². The Morgan fingerprint density at radius 1 is 1.08 bits per heavy atom. The summed E-state index contributed by atoms with van der Waals surface area (Å²) in [5.74, 6) is -0.156. The highest BCUT2D eigenvalue weighted by atomic mass is 35.5. The molecule has 2 aliphatic heterocycles. The molecule has 0 aliphatic carbocycles. The van der Waals surface area contributed by atoms with Crippen molar-refractivity contribution in [3.8, 4) is 0 Å². The van der Waals surface area contributed by atoms with Gasteiger partial charge in [0.15, 0.2) is 0 Å². The van der Waals surface area contributed by atoms with Crippen LogP contribution in [0.3, 0.4) is 0 Å². The van der Waals surface area contributed by atoms with Crippen LogP contribution >= 0.6 is 12.4 Å². The third kappa shape index (κ3) is 5.16. The highest BCUT2D eigenvalue weighted by Crippen LogP contribution is 2.22. The summed E-state index contributed by atoms with van der Waals surface area (Å²) in [6, 6.07) is 5.77. The lowest BCUT2D eigenvalue weighted by molar-refractivity contribution is -0.138. The topological polar surface area (TPSA) is 61.4 Å². The second kappa shape index (κ2) is 9.15. The van der Waals surface area contributed by atoms with Crippen LogP contribution in [-0.2, 0) is 9.59 Å². The number of benzene rings is 1. The maximum absolute atomic E-state index is 12.9. The number of amides is 2. The Balaban J connectivity index is 0.00000225. The molecule has 25 heavy (non-hydrogen) atoms. The first kappa shape index (κ1) is 19.7. The molecule has 2 N–H and O–H groups in total. The van der Waals surface area contributed by atoms with Gasteiger partial charge in [0, 0.05) is 31.2 Å². The maximum Gasteiger partial charge on any atom is 0.227 e. The molecule has 2 aliphatic rings. The van der Waals surface area contributed by atoms with Crippen LogP contribution in [0.1, 0.15) is 25.7 Å². The Kier molecular flexibility index (Phi) is 7.20. The molecule has 7 heteroatoms. The lowest BCUT2D eigenvalue weighted by Crippen LogP contribution is -2.47. The van der Waals surface area contributed by atoms with E-state index < -0.39 is 0 Å². The standard InChI is InChI=1S/C18H24FN3O2.ClH/c19-15-3-5-16(6-4-15)21-17(23)13-7-10-22(11-8-13)18(24)14-2-1-9-20-12-14;/h3-6,13-14,20H,1-2,7-12H2,(H,21,23);1H.